The lowest BCUT2D eigenvalue weighted by atomic mass is 9.93. The van der Waals surface area contributed by atoms with Crippen molar-refractivity contribution in [2.24, 2.45) is 0 Å². The van der Waals surface area contributed by atoms with Gasteiger partial charge in [0, 0.05) is 16.9 Å². The Hall–Kier alpha value is -1.55. The fraction of sp³-hybridized carbons (Fsp3) is 0.500. The SMILES string of the molecule is CCC(CC)(CO)Nc1ccc(N)c(C(C)=O)c1. The van der Waals surface area contributed by atoms with Gasteiger partial charge in [0.15, 0.2) is 5.78 Å². The summed E-state index contributed by atoms with van der Waals surface area (Å²) in [6.07, 6.45) is 1.61. The van der Waals surface area contributed by atoms with Crippen LogP contribution in [0.4, 0.5) is 11.4 Å². The van der Waals surface area contributed by atoms with E-state index in [9.17, 15) is 9.90 Å². The molecule has 100 valence electrons. The number of hydrogen-bond acceptors (Lipinski definition) is 4. The molecule has 0 amide bonds. The second kappa shape index (κ2) is 5.87. The summed E-state index contributed by atoms with van der Waals surface area (Å²) < 4.78 is 0. The largest absolute Gasteiger partial charge is 0.398 e. The Labute approximate surface area is 108 Å². The van der Waals surface area contributed by atoms with Gasteiger partial charge in [-0.1, -0.05) is 13.8 Å². The molecule has 4 N–H and O–H groups in total. The van der Waals surface area contributed by atoms with E-state index in [0.717, 1.165) is 18.5 Å². The standard InChI is InChI=1S/C14H22N2O2/c1-4-14(5-2,9-17)16-11-6-7-13(15)12(8-11)10(3)18/h6-8,16-17H,4-5,9,15H2,1-3H3. The lowest BCUT2D eigenvalue weighted by Crippen LogP contribution is -2.40. The zero-order valence-corrected chi connectivity index (χ0v) is 11.3. The molecule has 0 saturated heterocycles. The number of ketones is 1. The fourth-order valence-corrected chi connectivity index (χ4v) is 1.94. The molecule has 0 radical (unpaired) electrons. The van der Waals surface area contributed by atoms with Crippen molar-refractivity contribution in [2.45, 2.75) is 39.2 Å². The van der Waals surface area contributed by atoms with E-state index in [2.05, 4.69) is 5.32 Å². The van der Waals surface area contributed by atoms with Crippen LogP contribution in [0.15, 0.2) is 18.2 Å². The highest BCUT2D eigenvalue weighted by molar-refractivity contribution is 6.00. The summed E-state index contributed by atoms with van der Waals surface area (Å²) >= 11 is 0. The maximum atomic E-state index is 11.4. The van der Waals surface area contributed by atoms with Gasteiger partial charge in [0.25, 0.3) is 0 Å². The molecule has 0 aliphatic carbocycles. The molecule has 0 unspecified atom stereocenters. The molecule has 4 heteroatoms. The van der Waals surface area contributed by atoms with Crippen LogP contribution >= 0.6 is 0 Å². The molecule has 4 nitrogen and oxygen atoms in total. The number of anilines is 2. The van der Waals surface area contributed by atoms with Crippen molar-refractivity contribution in [1.82, 2.24) is 0 Å². The van der Waals surface area contributed by atoms with Crippen LogP contribution in [-0.4, -0.2) is 23.0 Å². The van der Waals surface area contributed by atoms with E-state index in [-0.39, 0.29) is 17.9 Å². The molecule has 0 atom stereocenters. The summed E-state index contributed by atoms with van der Waals surface area (Å²) in [5, 5.41) is 12.8. The van der Waals surface area contributed by atoms with Crippen LogP contribution in [0.1, 0.15) is 44.0 Å². The van der Waals surface area contributed by atoms with Crippen molar-refractivity contribution in [2.75, 3.05) is 17.7 Å². The molecule has 0 aliphatic heterocycles. The second-order valence-electron chi connectivity index (χ2n) is 4.63. The molecule has 0 aromatic heterocycles. The minimum atomic E-state index is -0.343. The second-order valence-corrected chi connectivity index (χ2v) is 4.63. The summed E-state index contributed by atoms with van der Waals surface area (Å²) in [5.74, 6) is -0.0567. The van der Waals surface area contributed by atoms with Crippen molar-refractivity contribution in [1.29, 1.82) is 0 Å². The zero-order chi connectivity index (χ0) is 13.8. The molecular formula is C14H22N2O2. The minimum Gasteiger partial charge on any atom is -0.398 e. The Bertz CT molecular complexity index is 418. The summed E-state index contributed by atoms with van der Waals surface area (Å²) in [6, 6.07) is 5.29. The highest BCUT2D eigenvalue weighted by Crippen LogP contribution is 2.25. The van der Waals surface area contributed by atoms with Crippen LogP contribution in [-0.2, 0) is 0 Å². The van der Waals surface area contributed by atoms with Crippen LogP contribution in [0.2, 0.25) is 0 Å². The summed E-state index contributed by atoms with van der Waals surface area (Å²) in [4.78, 5) is 11.4. The highest BCUT2D eigenvalue weighted by atomic mass is 16.3. The van der Waals surface area contributed by atoms with Gasteiger partial charge in [0.1, 0.15) is 0 Å². The Balaban J connectivity index is 3.04. The number of nitrogen functional groups attached to an aromatic ring is 1. The number of Topliss-reactive ketones (excluding diaryl/α,β-unsaturated/α-hetero) is 1. The predicted molar refractivity (Wildman–Crippen MR) is 74.9 cm³/mol. The Morgan fingerprint density at radius 1 is 1.39 bits per heavy atom. The van der Waals surface area contributed by atoms with Crippen LogP contribution in [0.3, 0.4) is 0 Å². The van der Waals surface area contributed by atoms with E-state index in [1.54, 1.807) is 12.1 Å². The Kier molecular flexibility index (Phi) is 4.73. The van der Waals surface area contributed by atoms with Gasteiger partial charge in [-0.25, -0.2) is 0 Å². The van der Waals surface area contributed by atoms with Gasteiger partial charge in [-0.2, -0.15) is 0 Å². The number of hydrogen-bond donors (Lipinski definition) is 3. The number of aliphatic hydroxyl groups is 1. The van der Waals surface area contributed by atoms with E-state index in [0.29, 0.717) is 11.3 Å². The minimum absolute atomic E-state index is 0.0553. The fourth-order valence-electron chi connectivity index (χ4n) is 1.94. The number of carbonyl (C=O) groups is 1. The zero-order valence-electron chi connectivity index (χ0n) is 11.3. The lowest BCUT2D eigenvalue weighted by Gasteiger charge is -2.32. The van der Waals surface area contributed by atoms with E-state index in [1.807, 2.05) is 19.9 Å². The van der Waals surface area contributed by atoms with Gasteiger partial charge in [-0.3, -0.25) is 4.79 Å². The van der Waals surface area contributed by atoms with Crippen molar-refractivity contribution in [3.05, 3.63) is 23.8 Å². The molecule has 1 rings (SSSR count). The highest BCUT2D eigenvalue weighted by Gasteiger charge is 2.24. The first kappa shape index (κ1) is 14.5. The average Bonchev–Trinajstić information content (AvgIpc) is 2.38. The maximum Gasteiger partial charge on any atom is 0.161 e. The van der Waals surface area contributed by atoms with Gasteiger partial charge in [-0.05, 0) is 38.0 Å². The normalized spacial score (nSPS) is 11.3. The molecule has 0 aliphatic rings. The van der Waals surface area contributed by atoms with Gasteiger partial charge < -0.3 is 16.2 Å². The Morgan fingerprint density at radius 2 is 2.00 bits per heavy atom. The van der Waals surface area contributed by atoms with Crippen LogP contribution in [0.25, 0.3) is 0 Å². The predicted octanol–water partition coefficient (Wildman–Crippen LogP) is 2.43. The average molecular weight is 250 g/mol. The molecule has 1 aromatic rings. The molecule has 18 heavy (non-hydrogen) atoms. The number of rotatable bonds is 6. The van der Waals surface area contributed by atoms with Crippen molar-refractivity contribution in [3.63, 3.8) is 0 Å². The quantitative estimate of drug-likeness (QED) is 0.535. The Morgan fingerprint density at radius 3 is 2.44 bits per heavy atom. The molecule has 0 fully saturated rings. The number of carbonyl (C=O) groups excluding carboxylic acids is 1. The summed E-state index contributed by atoms with van der Waals surface area (Å²) in [6.45, 7) is 5.60. The molecule has 0 bridgehead atoms. The third-order valence-electron chi connectivity index (χ3n) is 3.50. The molecular weight excluding hydrogens is 228 g/mol. The first-order chi connectivity index (χ1) is 8.48. The van der Waals surface area contributed by atoms with E-state index in [4.69, 9.17) is 5.73 Å². The molecule has 0 heterocycles. The van der Waals surface area contributed by atoms with Crippen LogP contribution in [0.5, 0.6) is 0 Å². The number of nitrogens with two attached hydrogens (primary N) is 1. The lowest BCUT2D eigenvalue weighted by molar-refractivity contribution is 0.101. The third kappa shape index (κ3) is 3.01. The first-order valence-corrected chi connectivity index (χ1v) is 6.27. The van der Waals surface area contributed by atoms with E-state index in [1.165, 1.54) is 6.92 Å². The smallest absolute Gasteiger partial charge is 0.161 e. The van der Waals surface area contributed by atoms with Gasteiger partial charge >= 0.3 is 0 Å². The number of benzene rings is 1. The molecule has 0 spiro atoms. The topological polar surface area (TPSA) is 75.3 Å². The van der Waals surface area contributed by atoms with Gasteiger partial charge in [0.2, 0.25) is 0 Å². The van der Waals surface area contributed by atoms with E-state index < -0.39 is 0 Å². The molecule has 0 saturated carbocycles. The van der Waals surface area contributed by atoms with Gasteiger partial charge in [-0.15, -0.1) is 0 Å². The summed E-state index contributed by atoms with van der Waals surface area (Å²) in [5.41, 5.74) is 7.22. The third-order valence-corrected chi connectivity index (χ3v) is 3.50. The van der Waals surface area contributed by atoms with Crippen LogP contribution in [0, 0.1) is 0 Å². The van der Waals surface area contributed by atoms with E-state index >= 15 is 0 Å². The summed E-state index contributed by atoms with van der Waals surface area (Å²) in [7, 11) is 0. The van der Waals surface area contributed by atoms with Gasteiger partial charge in [0.05, 0.1) is 12.1 Å². The first-order valence-electron chi connectivity index (χ1n) is 6.27. The maximum absolute atomic E-state index is 11.4. The number of nitrogens with one attached hydrogen (secondary N) is 1. The van der Waals surface area contributed by atoms with Crippen LogP contribution < -0.4 is 11.1 Å². The number of aliphatic hydroxyl groups excluding tert-OH is 1. The van der Waals surface area contributed by atoms with Crippen molar-refractivity contribution < 1.29 is 9.90 Å². The van der Waals surface area contributed by atoms with Crippen molar-refractivity contribution >= 4 is 17.2 Å². The molecule has 1 aromatic carbocycles. The monoisotopic (exact) mass is 250 g/mol. The van der Waals surface area contributed by atoms with Crippen molar-refractivity contribution in [3.8, 4) is 0 Å².